The van der Waals surface area contributed by atoms with Crippen molar-refractivity contribution in [1.82, 2.24) is 14.9 Å². The van der Waals surface area contributed by atoms with Crippen molar-refractivity contribution in [3.63, 3.8) is 0 Å². The molecule has 1 aliphatic carbocycles. The quantitative estimate of drug-likeness (QED) is 0.477. The number of carbonyl (C=O) groups excluding carboxylic acids is 1. The van der Waals surface area contributed by atoms with Gasteiger partial charge in [0, 0.05) is 49.0 Å². The van der Waals surface area contributed by atoms with Gasteiger partial charge in [-0.15, -0.1) is 13.2 Å². The van der Waals surface area contributed by atoms with E-state index in [1.165, 1.54) is 18.5 Å². The lowest BCUT2D eigenvalue weighted by atomic mass is 9.68. The van der Waals surface area contributed by atoms with Crippen LogP contribution in [0.3, 0.4) is 0 Å². The highest BCUT2D eigenvalue weighted by Crippen LogP contribution is 2.45. The summed E-state index contributed by atoms with van der Waals surface area (Å²) >= 11 is 5.98. The molecule has 12 heteroatoms. The minimum atomic E-state index is -4.85. The standard InChI is InChI=1S/C24H22ClF3N4O4/c1-12(33)32-9-13-5-14(10-32)22(13)35-21-7-16-18(8-20(21)34-2)29-11-30-23(16)31-15-3-4-19(17(25)6-15)36-24(26,27)28/h3-4,6-8,11,13-14,22H,5,9-10H2,1-2H3,(H,29,30,31)/t13-,14+,22?. The number of amides is 1. The highest BCUT2D eigenvalue weighted by molar-refractivity contribution is 6.32. The highest BCUT2D eigenvalue weighted by Gasteiger charge is 2.49. The minimum Gasteiger partial charge on any atom is -0.493 e. The molecule has 2 aromatic carbocycles. The zero-order valence-corrected chi connectivity index (χ0v) is 20.1. The summed E-state index contributed by atoms with van der Waals surface area (Å²) in [5, 5.41) is 3.48. The molecule has 2 bridgehead atoms. The van der Waals surface area contributed by atoms with Crippen molar-refractivity contribution in [2.45, 2.75) is 25.8 Å². The third kappa shape index (κ3) is 4.79. The topological polar surface area (TPSA) is 85.8 Å². The van der Waals surface area contributed by atoms with Gasteiger partial charge in [0.25, 0.3) is 0 Å². The number of carbonyl (C=O) groups is 1. The van der Waals surface area contributed by atoms with Gasteiger partial charge in [0.2, 0.25) is 5.91 Å². The van der Waals surface area contributed by atoms with Crippen LogP contribution in [-0.2, 0) is 4.79 Å². The Labute approximate surface area is 209 Å². The summed E-state index contributed by atoms with van der Waals surface area (Å²) in [6.45, 7) is 2.90. The molecule has 8 nitrogen and oxygen atoms in total. The van der Waals surface area contributed by atoms with Crippen molar-refractivity contribution in [3.8, 4) is 17.2 Å². The maximum Gasteiger partial charge on any atom is 0.573 e. The van der Waals surface area contributed by atoms with Crippen molar-refractivity contribution in [3.05, 3.63) is 41.7 Å². The lowest BCUT2D eigenvalue weighted by Gasteiger charge is -2.52. The molecule has 2 aliphatic rings. The Balaban J connectivity index is 1.41. The molecule has 190 valence electrons. The number of alkyl halides is 3. The van der Waals surface area contributed by atoms with E-state index >= 15 is 0 Å². The maximum atomic E-state index is 12.5. The molecule has 0 radical (unpaired) electrons. The molecule has 3 aromatic rings. The van der Waals surface area contributed by atoms with Gasteiger partial charge < -0.3 is 24.4 Å². The SMILES string of the molecule is COc1cc2ncnc(Nc3ccc(OC(F)(F)F)c(Cl)c3)c2cc1OC1[C@@H]2C[C@H]1CN(C(C)=O)C2. The third-order valence-corrected chi connectivity index (χ3v) is 6.79. The number of piperidine rings is 2. The van der Waals surface area contributed by atoms with Gasteiger partial charge in [0.1, 0.15) is 24.0 Å². The lowest BCUT2D eigenvalue weighted by Crippen LogP contribution is -2.61. The van der Waals surface area contributed by atoms with Crippen LogP contribution in [0, 0.1) is 11.8 Å². The number of fused-ring (bicyclic) bond motifs is 3. The van der Waals surface area contributed by atoms with Crippen LogP contribution in [0.5, 0.6) is 17.2 Å². The lowest BCUT2D eigenvalue weighted by molar-refractivity contribution is -0.274. The number of nitrogens with one attached hydrogen (secondary N) is 1. The van der Waals surface area contributed by atoms with Crippen molar-refractivity contribution < 1.29 is 32.2 Å². The zero-order valence-electron chi connectivity index (χ0n) is 19.3. The number of rotatable bonds is 6. The predicted octanol–water partition coefficient (Wildman–Crippen LogP) is 5.18. The Morgan fingerprint density at radius 1 is 1.11 bits per heavy atom. The number of aromatic nitrogens is 2. The Kier molecular flexibility index (Phi) is 6.19. The zero-order chi connectivity index (χ0) is 25.6. The first-order chi connectivity index (χ1) is 17.1. The number of ether oxygens (including phenoxy) is 3. The Morgan fingerprint density at radius 3 is 2.50 bits per heavy atom. The molecule has 2 fully saturated rings. The maximum absolute atomic E-state index is 12.5. The first kappa shape index (κ1) is 24.2. The Bertz CT molecular complexity index is 1310. The van der Waals surface area contributed by atoms with E-state index in [2.05, 4.69) is 20.0 Å². The number of halogens is 4. The van der Waals surface area contributed by atoms with Crippen LogP contribution in [0.15, 0.2) is 36.7 Å². The van der Waals surface area contributed by atoms with Gasteiger partial charge in [-0.3, -0.25) is 4.79 Å². The average Bonchev–Trinajstić information content (AvgIpc) is 2.83. The number of hydrogen-bond acceptors (Lipinski definition) is 7. The molecule has 0 spiro atoms. The number of anilines is 2. The number of hydrogen-bond donors (Lipinski definition) is 1. The van der Waals surface area contributed by atoms with Gasteiger partial charge in [-0.2, -0.15) is 0 Å². The van der Waals surface area contributed by atoms with Crippen LogP contribution in [-0.4, -0.2) is 53.4 Å². The second kappa shape index (κ2) is 9.20. The van der Waals surface area contributed by atoms with Crippen LogP contribution in [0.1, 0.15) is 13.3 Å². The summed E-state index contributed by atoms with van der Waals surface area (Å²) in [6.07, 6.45) is -2.51. The van der Waals surface area contributed by atoms with Crippen LogP contribution < -0.4 is 19.5 Å². The van der Waals surface area contributed by atoms with Gasteiger partial charge in [0.15, 0.2) is 11.5 Å². The van der Waals surface area contributed by atoms with Crippen molar-refractivity contribution in [2.24, 2.45) is 11.8 Å². The molecular weight excluding hydrogens is 501 g/mol. The first-order valence-corrected chi connectivity index (χ1v) is 11.6. The molecule has 1 saturated carbocycles. The van der Waals surface area contributed by atoms with Gasteiger partial charge >= 0.3 is 6.36 Å². The second-order valence-electron chi connectivity index (χ2n) is 8.82. The molecule has 5 rings (SSSR count). The molecule has 1 N–H and O–H groups in total. The summed E-state index contributed by atoms with van der Waals surface area (Å²) < 4.78 is 53.4. The van der Waals surface area contributed by atoms with E-state index in [-0.39, 0.29) is 28.9 Å². The van der Waals surface area contributed by atoms with Gasteiger partial charge in [-0.25, -0.2) is 9.97 Å². The third-order valence-electron chi connectivity index (χ3n) is 6.49. The number of methoxy groups -OCH3 is 1. The summed E-state index contributed by atoms with van der Waals surface area (Å²) in [5.74, 6) is 1.50. The predicted molar refractivity (Wildman–Crippen MR) is 126 cm³/mol. The van der Waals surface area contributed by atoms with Gasteiger partial charge in [-0.05, 0) is 30.7 Å². The van der Waals surface area contributed by atoms with Crippen LogP contribution in [0.4, 0.5) is 24.7 Å². The molecular formula is C24H22ClF3N4O4. The van der Waals surface area contributed by atoms with Crippen molar-refractivity contribution in [1.29, 1.82) is 0 Å². The largest absolute Gasteiger partial charge is 0.573 e. The summed E-state index contributed by atoms with van der Waals surface area (Å²) in [6, 6.07) is 7.35. The minimum absolute atomic E-state index is 0.0343. The van der Waals surface area contributed by atoms with Crippen LogP contribution >= 0.6 is 11.6 Å². The average molecular weight is 523 g/mol. The molecule has 1 saturated heterocycles. The molecule has 1 aliphatic heterocycles. The number of likely N-dealkylation sites (tertiary alicyclic amines) is 1. The van der Waals surface area contributed by atoms with Crippen LogP contribution in [0.2, 0.25) is 5.02 Å². The Hall–Kier alpha value is -3.47. The van der Waals surface area contributed by atoms with Crippen LogP contribution in [0.25, 0.3) is 10.9 Å². The summed E-state index contributed by atoms with van der Waals surface area (Å²) in [7, 11) is 1.54. The molecule has 1 unspecified atom stereocenters. The van der Waals surface area contributed by atoms with E-state index < -0.39 is 12.1 Å². The first-order valence-electron chi connectivity index (χ1n) is 11.2. The smallest absolute Gasteiger partial charge is 0.493 e. The van der Waals surface area contributed by atoms with E-state index in [0.717, 1.165) is 12.5 Å². The fraction of sp³-hybridized carbons (Fsp3) is 0.375. The molecule has 1 amide bonds. The number of nitrogens with zero attached hydrogens (tertiary/aromatic N) is 3. The normalized spacial score (nSPS) is 21.1. The van der Waals surface area contributed by atoms with E-state index in [1.54, 1.807) is 26.2 Å². The van der Waals surface area contributed by atoms with Crippen molar-refractivity contribution in [2.75, 3.05) is 25.5 Å². The fourth-order valence-electron chi connectivity index (χ4n) is 4.78. The molecule has 1 aromatic heterocycles. The molecule has 2 heterocycles. The van der Waals surface area contributed by atoms with Gasteiger partial charge in [-0.1, -0.05) is 11.6 Å². The summed E-state index contributed by atoms with van der Waals surface area (Å²) in [4.78, 5) is 22.2. The van der Waals surface area contributed by atoms with E-state index in [9.17, 15) is 18.0 Å². The van der Waals surface area contributed by atoms with E-state index in [1.807, 2.05) is 4.90 Å². The number of benzene rings is 2. The van der Waals surface area contributed by atoms with Crippen molar-refractivity contribution >= 4 is 39.9 Å². The summed E-state index contributed by atoms with van der Waals surface area (Å²) in [5.41, 5.74) is 0.988. The second-order valence-corrected chi connectivity index (χ2v) is 9.23. The van der Waals surface area contributed by atoms with E-state index in [0.29, 0.717) is 47.0 Å². The molecule has 3 atom stereocenters. The Morgan fingerprint density at radius 2 is 1.86 bits per heavy atom. The van der Waals surface area contributed by atoms with E-state index in [4.69, 9.17) is 21.1 Å². The highest BCUT2D eigenvalue weighted by atomic mass is 35.5. The van der Waals surface area contributed by atoms with Gasteiger partial charge in [0.05, 0.1) is 17.6 Å². The molecule has 36 heavy (non-hydrogen) atoms. The monoisotopic (exact) mass is 522 g/mol. The fourth-order valence-corrected chi connectivity index (χ4v) is 5.00.